The van der Waals surface area contributed by atoms with E-state index in [0.29, 0.717) is 0 Å². The predicted molar refractivity (Wildman–Crippen MR) is 73.1 cm³/mol. The Kier molecular flexibility index (Phi) is 3.72. The molecule has 0 aliphatic heterocycles. The van der Waals surface area contributed by atoms with E-state index >= 15 is 0 Å². The van der Waals surface area contributed by atoms with Gasteiger partial charge in [0, 0.05) is 11.7 Å². The van der Waals surface area contributed by atoms with E-state index in [1.807, 2.05) is 36.4 Å². The van der Waals surface area contributed by atoms with E-state index in [2.05, 4.69) is 12.2 Å². The minimum atomic E-state index is 0.130. The summed E-state index contributed by atoms with van der Waals surface area (Å²) in [5.41, 5.74) is 2.07. The molecule has 0 saturated carbocycles. The Morgan fingerprint density at radius 2 is 1.83 bits per heavy atom. The van der Waals surface area contributed by atoms with Crippen LogP contribution in [0.1, 0.15) is 18.5 Å². The van der Waals surface area contributed by atoms with Crippen LogP contribution in [0.3, 0.4) is 0 Å². The van der Waals surface area contributed by atoms with Crippen LogP contribution in [0.2, 0.25) is 0 Å². The fourth-order valence-electron chi connectivity index (χ4n) is 1.81. The largest absolute Gasteiger partial charge is 0.508 e. The number of benzene rings is 2. The third-order valence-electron chi connectivity index (χ3n) is 2.84. The van der Waals surface area contributed by atoms with Crippen molar-refractivity contribution in [1.29, 1.82) is 0 Å². The Labute approximate surface area is 107 Å². The molecule has 2 aromatic rings. The highest BCUT2D eigenvalue weighted by molar-refractivity contribution is 5.48. The minimum absolute atomic E-state index is 0.130. The number of aromatic hydroxyl groups is 1. The average Bonchev–Trinajstić information content (AvgIpc) is 2.39. The molecule has 0 radical (unpaired) electrons. The molecule has 0 aromatic heterocycles. The lowest BCUT2D eigenvalue weighted by molar-refractivity contribution is 0.415. The Morgan fingerprint density at radius 1 is 1.11 bits per heavy atom. The van der Waals surface area contributed by atoms with Crippen molar-refractivity contribution in [2.75, 3.05) is 12.4 Å². The number of phenols is 1. The summed E-state index contributed by atoms with van der Waals surface area (Å²) in [5.74, 6) is 1.13. The van der Waals surface area contributed by atoms with Crippen molar-refractivity contribution in [2.45, 2.75) is 13.0 Å². The molecule has 0 fully saturated rings. The normalized spacial score (nSPS) is 11.9. The summed E-state index contributed by atoms with van der Waals surface area (Å²) >= 11 is 0. The molecule has 2 aromatic carbocycles. The maximum absolute atomic E-state index is 9.45. The topological polar surface area (TPSA) is 41.5 Å². The molecule has 0 saturated heterocycles. The first kappa shape index (κ1) is 12.3. The van der Waals surface area contributed by atoms with Gasteiger partial charge in [-0.2, -0.15) is 0 Å². The monoisotopic (exact) mass is 243 g/mol. The van der Waals surface area contributed by atoms with Crippen molar-refractivity contribution in [1.82, 2.24) is 0 Å². The van der Waals surface area contributed by atoms with E-state index in [9.17, 15) is 5.11 Å². The molecule has 0 spiro atoms. The standard InChI is InChI=1S/C15H17NO2/c1-11(12-4-3-5-14(17)10-12)16-13-6-8-15(18-2)9-7-13/h3-11,16-17H,1-2H3/t11-/m0/s1. The molecular weight excluding hydrogens is 226 g/mol. The number of nitrogens with one attached hydrogen (secondary N) is 1. The Hall–Kier alpha value is -2.16. The summed E-state index contributed by atoms with van der Waals surface area (Å²) in [5, 5.41) is 12.8. The molecule has 0 aliphatic carbocycles. The summed E-state index contributed by atoms with van der Waals surface area (Å²) in [6.07, 6.45) is 0. The smallest absolute Gasteiger partial charge is 0.119 e. The Balaban J connectivity index is 2.08. The van der Waals surface area contributed by atoms with Gasteiger partial charge in [0.05, 0.1) is 7.11 Å². The summed E-state index contributed by atoms with van der Waals surface area (Å²) < 4.78 is 5.11. The van der Waals surface area contributed by atoms with E-state index in [4.69, 9.17) is 4.74 Å². The van der Waals surface area contributed by atoms with Gasteiger partial charge in [-0.25, -0.2) is 0 Å². The lowest BCUT2D eigenvalue weighted by Gasteiger charge is -2.16. The van der Waals surface area contributed by atoms with Gasteiger partial charge in [0.25, 0.3) is 0 Å². The first-order valence-corrected chi connectivity index (χ1v) is 5.88. The maximum Gasteiger partial charge on any atom is 0.119 e. The molecule has 0 bridgehead atoms. The first-order chi connectivity index (χ1) is 8.69. The fraction of sp³-hybridized carbons (Fsp3) is 0.200. The van der Waals surface area contributed by atoms with Crippen LogP contribution in [0.25, 0.3) is 0 Å². The van der Waals surface area contributed by atoms with Gasteiger partial charge in [0.2, 0.25) is 0 Å². The van der Waals surface area contributed by atoms with E-state index < -0.39 is 0 Å². The summed E-state index contributed by atoms with van der Waals surface area (Å²) in [7, 11) is 1.65. The third-order valence-corrected chi connectivity index (χ3v) is 2.84. The molecule has 3 heteroatoms. The molecule has 94 valence electrons. The average molecular weight is 243 g/mol. The van der Waals surface area contributed by atoms with Crippen LogP contribution in [0.5, 0.6) is 11.5 Å². The van der Waals surface area contributed by atoms with Crippen molar-refractivity contribution < 1.29 is 9.84 Å². The minimum Gasteiger partial charge on any atom is -0.508 e. The van der Waals surface area contributed by atoms with Gasteiger partial charge in [0.1, 0.15) is 11.5 Å². The van der Waals surface area contributed by atoms with Crippen molar-refractivity contribution in [3.8, 4) is 11.5 Å². The zero-order valence-corrected chi connectivity index (χ0v) is 10.6. The predicted octanol–water partition coefficient (Wildman–Crippen LogP) is 3.57. The molecule has 0 aliphatic rings. The van der Waals surface area contributed by atoms with Crippen molar-refractivity contribution in [3.63, 3.8) is 0 Å². The zero-order valence-electron chi connectivity index (χ0n) is 10.6. The summed E-state index contributed by atoms with van der Waals surface area (Å²) in [6.45, 7) is 2.05. The van der Waals surface area contributed by atoms with Crippen molar-refractivity contribution in [3.05, 3.63) is 54.1 Å². The number of hydrogen-bond acceptors (Lipinski definition) is 3. The fourth-order valence-corrected chi connectivity index (χ4v) is 1.81. The van der Waals surface area contributed by atoms with Crippen LogP contribution in [0.4, 0.5) is 5.69 Å². The molecule has 0 heterocycles. The number of phenolic OH excluding ortho intramolecular Hbond substituents is 1. The SMILES string of the molecule is COc1ccc(N[C@@H](C)c2cccc(O)c2)cc1. The van der Waals surface area contributed by atoms with E-state index in [1.165, 1.54) is 0 Å². The zero-order chi connectivity index (χ0) is 13.0. The molecule has 3 nitrogen and oxygen atoms in total. The van der Waals surface area contributed by atoms with Crippen LogP contribution in [-0.4, -0.2) is 12.2 Å². The second-order valence-electron chi connectivity index (χ2n) is 4.19. The van der Waals surface area contributed by atoms with Crippen LogP contribution in [0.15, 0.2) is 48.5 Å². The lowest BCUT2D eigenvalue weighted by Crippen LogP contribution is -2.06. The van der Waals surface area contributed by atoms with Crippen LogP contribution < -0.4 is 10.1 Å². The number of anilines is 1. The first-order valence-electron chi connectivity index (χ1n) is 5.88. The molecule has 1 atom stereocenters. The molecule has 0 amide bonds. The summed E-state index contributed by atoms with van der Waals surface area (Å²) in [4.78, 5) is 0. The van der Waals surface area contributed by atoms with Gasteiger partial charge in [-0.3, -0.25) is 0 Å². The Morgan fingerprint density at radius 3 is 2.44 bits per heavy atom. The molecule has 2 rings (SSSR count). The second-order valence-corrected chi connectivity index (χ2v) is 4.19. The summed E-state index contributed by atoms with van der Waals surface area (Å²) in [6, 6.07) is 15.2. The van der Waals surface area contributed by atoms with Crippen molar-refractivity contribution in [2.24, 2.45) is 0 Å². The van der Waals surface area contributed by atoms with Gasteiger partial charge in [-0.1, -0.05) is 12.1 Å². The quantitative estimate of drug-likeness (QED) is 0.862. The lowest BCUT2D eigenvalue weighted by atomic mass is 10.1. The number of methoxy groups -OCH3 is 1. The van der Waals surface area contributed by atoms with Crippen LogP contribution in [-0.2, 0) is 0 Å². The molecule has 18 heavy (non-hydrogen) atoms. The number of rotatable bonds is 4. The highest BCUT2D eigenvalue weighted by Crippen LogP contribution is 2.23. The van der Waals surface area contributed by atoms with Crippen LogP contribution in [0, 0.1) is 0 Å². The van der Waals surface area contributed by atoms with Gasteiger partial charge < -0.3 is 15.2 Å². The van der Waals surface area contributed by atoms with E-state index in [-0.39, 0.29) is 11.8 Å². The second kappa shape index (κ2) is 5.45. The van der Waals surface area contributed by atoms with Gasteiger partial charge in [-0.15, -0.1) is 0 Å². The third kappa shape index (κ3) is 2.94. The highest BCUT2D eigenvalue weighted by Gasteiger charge is 2.05. The molecule has 0 unspecified atom stereocenters. The van der Waals surface area contributed by atoms with Gasteiger partial charge >= 0.3 is 0 Å². The Bertz CT molecular complexity index is 508. The highest BCUT2D eigenvalue weighted by atomic mass is 16.5. The van der Waals surface area contributed by atoms with E-state index in [0.717, 1.165) is 17.0 Å². The van der Waals surface area contributed by atoms with Gasteiger partial charge in [0.15, 0.2) is 0 Å². The molecule has 2 N–H and O–H groups in total. The van der Waals surface area contributed by atoms with Gasteiger partial charge in [-0.05, 0) is 48.9 Å². The van der Waals surface area contributed by atoms with Crippen LogP contribution >= 0.6 is 0 Å². The number of ether oxygens (including phenoxy) is 1. The van der Waals surface area contributed by atoms with E-state index in [1.54, 1.807) is 19.2 Å². The molecular formula is C15H17NO2. The number of hydrogen-bond donors (Lipinski definition) is 2. The van der Waals surface area contributed by atoms with Crippen molar-refractivity contribution >= 4 is 5.69 Å². The maximum atomic E-state index is 9.45.